The Kier molecular flexibility index (Phi) is 4.68. The van der Waals surface area contributed by atoms with Gasteiger partial charge in [-0.3, -0.25) is 0 Å². The number of hydrogen-bond donors (Lipinski definition) is 1. The Balaban J connectivity index is 2.11. The maximum Gasteiger partial charge on any atom is 0.203 e. The largest absolute Gasteiger partial charge is 0.493 e. The van der Waals surface area contributed by atoms with Gasteiger partial charge in [-0.05, 0) is 30.5 Å². The van der Waals surface area contributed by atoms with Crippen LogP contribution < -0.4 is 19.5 Å². The molecule has 0 heterocycles. The van der Waals surface area contributed by atoms with Crippen molar-refractivity contribution in [1.29, 1.82) is 0 Å². The smallest absolute Gasteiger partial charge is 0.203 e. The topological polar surface area (TPSA) is 39.7 Å². The zero-order valence-corrected chi connectivity index (χ0v) is 11.7. The Bertz CT molecular complexity index is 424. The second-order valence-corrected chi connectivity index (χ2v) is 4.55. The maximum atomic E-state index is 5.35. The number of benzene rings is 1. The summed E-state index contributed by atoms with van der Waals surface area (Å²) in [6, 6.07) is 4.51. The first-order valence-corrected chi connectivity index (χ1v) is 6.45. The minimum absolute atomic E-state index is 0.541. The second kappa shape index (κ2) is 6.48. The van der Waals surface area contributed by atoms with Gasteiger partial charge in [0.2, 0.25) is 5.75 Å². The first-order valence-electron chi connectivity index (χ1n) is 6.45. The van der Waals surface area contributed by atoms with Crippen LogP contribution >= 0.6 is 0 Å². The molecule has 0 aliphatic heterocycles. The molecule has 4 nitrogen and oxygen atoms in total. The molecule has 1 N–H and O–H groups in total. The summed E-state index contributed by atoms with van der Waals surface area (Å²) < 4.78 is 16.0. The number of nitrogens with one attached hydrogen (secondary N) is 1. The van der Waals surface area contributed by atoms with Crippen LogP contribution in [0.4, 0.5) is 0 Å². The highest BCUT2D eigenvalue weighted by Gasteiger charge is 2.14. The molecular formula is C15H21NO3. The molecule has 104 valence electrons. The van der Waals surface area contributed by atoms with E-state index in [4.69, 9.17) is 14.2 Å². The van der Waals surface area contributed by atoms with Crippen LogP contribution in [-0.2, 0) is 6.54 Å². The van der Waals surface area contributed by atoms with Crippen molar-refractivity contribution in [3.8, 4) is 17.2 Å². The molecule has 4 heteroatoms. The fraction of sp³-hybridized carbons (Fsp3) is 0.467. The van der Waals surface area contributed by atoms with E-state index in [1.807, 2.05) is 12.1 Å². The van der Waals surface area contributed by atoms with Gasteiger partial charge in [0.15, 0.2) is 11.5 Å². The van der Waals surface area contributed by atoms with Gasteiger partial charge in [-0.15, -0.1) is 0 Å². The van der Waals surface area contributed by atoms with Gasteiger partial charge >= 0.3 is 0 Å². The Labute approximate surface area is 114 Å². The van der Waals surface area contributed by atoms with Gasteiger partial charge in [0.05, 0.1) is 21.3 Å². The molecule has 0 saturated carbocycles. The fourth-order valence-electron chi connectivity index (χ4n) is 2.28. The molecule has 0 aromatic heterocycles. The lowest BCUT2D eigenvalue weighted by Crippen LogP contribution is -2.25. The van der Waals surface area contributed by atoms with Gasteiger partial charge in [-0.25, -0.2) is 0 Å². The predicted octanol–water partition coefficient (Wildman–Crippen LogP) is 2.52. The summed E-state index contributed by atoms with van der Waals surface area (Å²) >= 11 is 0. The molecule has 0 unspecified atom stereocenters. The Morgan fingerprint density at radius 2 is 1.58 bits per heavy atom. The second-order valence-electron chi connectivity index (χ2n) is 4.55. The van der Waals surface area contributed by atoms with E-state index in [-0.39, 0.29) is 0 Å². The van der Waals surface area contributed by atoms with E-state index in [9.17, 15) is 0 Å². The van der Waals surface area contributed by atoms with Crippen LogP contribution in [0.15, 0.2) is 24.3 Å². The van der Waals surface area contributed by atoms with E-state index in [1.165, 1.54) is 0 Å². The summed E-state index contributed by atoms with van der Waals surface area (Å²) in [5.74, 6) is 2.03. The zero-order chi connectivity index (χ0) is 13.7. The van der Waals surface area contributed by atoms with Crippen LogP contribution in [0.2, 0.25) is 0 Å². The molecule has 0 bridgehead atoms. The molecule has 19 heavy (non-hydrogen) atoms. The summed E-state index contributed by atoms with van der Waals surface area (Å²) in [5, 5.41) is 3.52. The Hall–Kier alpha value is -1.68. The molecule has 0 saturated heterocycles. The van der Waals surface area contributed by atoms with Gasteiger partial charge in [-0.1, -0.05) is 12.2 Å². The summed E-state index contributed by atoms with van der Waals surface area (Å²) in [5.41, 5.74) is 1.13. The molecule has 0 radical (unpaired) electrons. The van der Waals surface area contributed by atoms with E-state index in [0.717, 1.165) is 24.9 Å². The highest BCUT2D eigenvalue weighted by Crippen LogP contribution is 2.38. The molecule has 0 amide bonds. The molecule has 0 fully saturated rings. The third-order valence-corrected chi connectivity index (χ3v) is 3.33. The van der Waals surface area contributed by atoms with Gasteiger partial charge in [0.1, 0.15) is 0 Å². The maximum absolute atomic E-state index is 5.35. The van der Waals surface area contributed by atoms with Gasteiger partial charge in [-0.2, -0.15) is 0 Å². The number of methoxy groups -OCH3 is 3. The Morgan fingerprint density at radius 1 is 1.00 bits per heavy atom. The van der Waals surface area contributed by atoms with Crippen LogP contribution in [-0.4, -0.2) is 27.4 Å². The molecule has 1 aliphatic carbocycles. The van der Waals surface area contributed by atoms with Crippen molar-refractivity contribution < 1.29 is 14.2 Å². The summed E-state index contributed by atoms with van der Waals surface area (Å²) in [7, 11) is 4.88. The standard InChI is InChI=1S/C15H21NO3/c1-17-13-8-11(9-14(18-2)15(13)19-3)10-16-12-6-4-5-7-12/h4-5,8-9,12,16H,6-7,10H2,1-3H3. The number of ether oxygens (including phenoxy) is 3. The van der Waals surface area contributed by atoms with Crippen molar-refractivity contribution in [2.75, 3.05) is 21.3 Å². The first kappa shape index (κ1) is 13.7. The predicted molar refractivity (Wildman–Crippen MR) is 75.1 cm³/mol. The highest BCUT2D eigenvalue weighted by atomic mass is 16.5. The van der Waals surface area contributed by atoms with Gasteiger partial charge in [0, 0.05) is 12.6 Å². The molecule has 1 aromatic carbocycles. The van der Waals surface area contributed by atoms with E-state index < -0.39 is 0 Å². The molecular weight excluding hydrogens is 242 g/mol. The van der Waals surface area contributed by atoms with Crippen LogP contribution in [0, 0.1) is 0 Å². The average Bonchev–Trinajstić information content (AvgIpc) is 2.97. The first-order chi connectivity index (χ1) is 9.28. The van der Waals surface area contributed by atoms with Crippen molar-refractivity contribution in [3.05, 3.63) is 29.8 Å². The minimum Gasteiger partial charge on any atom is -0.493 e. The lowest BCUT2D eigenvalue weighted by atomic mass is 10.1. The average molecular weight is 263 g/mol. The van der Waals surface area contributed by atoms with Crippen molar-refractivity contribution >= 4 is 0 Å². The normalized spacial score (nSPS) is 14.7. The minimum atomic E-state index is 0.541. The molecule has 2 rings (SSSR count). The van der Waals surface area contributed by atoms with Crippen molar-refractivity contribution in [2.45, 2.75) is 25.4 Å². The number of hydrogen-bond acceptors (Lipinski definition) is 4. The fourth-order valence-corrected chi connectivity index (χ4v) is 2.28. The third-order valence-electron chi connectivity index (χ3n) is 3.33. The van der Waals surface area contributed by atoms with E-state index in [0.29, 0.717) is 23.3 Å². The lowest BCUT2D eigenvalue weighted by molar-refractivity contribution is 0.323. The summed E-state index contributed by atoms with van der Waals surface area (Å²) in [6.45, 7) is 0.795. The van der Waals surface area contributed by atoms with Crippen molar-refractivity contribution in [1.82, 2.24) is 5.32 Å². The van der Waals surface area contributed by atoms with Crippen LogP contribution in [0.25, 0.3) is 0 Å². The molecule has 0 spiro atoms. The highest BCUT2D eigenvalue weighted by molar-refractivity contribution is 5.53. The number of rotatable bonds is 6. The summed E-state index contributed by atoms with van der Waals surface area (Å²) in [4.78, 5) is 0. The van der Waals surface area contributed by atoms with Crippen LogP contribution in [0.1, 0.15) is 18.4 Å². The van der Waals surface area contributed by atoms with Crippen molar-refractivity contribution in [2.24, 2.45) is 0 Å². The van der Waals surface area contributed by atoms with E-state index >= 15 is 0 Å². The lowest BCUT2D eigenvalue weighted by Gasteiger charge is -2.16. The Morgan fingerprint density at radius 3 is 2.05 bits per heavy atom. The van der Waals surface area contributed by atoms with Crippen LogP contribution in [0.3, 0.4) is 0 Å². The molecule has 1 aliphatic rings. The zero-order valence-electron chi connectivity index (χ0n) is 11.7. The van der Waals surface area contributed by atoms with Gasteiger partial charge in [0.25, 0.3) is 0 Å². The molecule has 0 atom stereocenters. The van der Waals surface area contributed by atoms with Gasteiger partial charge < -0.3 is 19.5 Å². The van der Waals surface area contributed by atoms with E-state index in [2.05, 4.69) is 17.5 Å². The summed E-state index contributed by atoms with van der Waals surface area (Å²) in [6.07, 6.45) is 6.63. The monoisotopic (exact) mass is 263 g/mol. The quantitative estimate of drug-likeness (QED) is 0.801. The van der Waals surface area contributed by atoms with Crippen LogP contribution in [0.5, 0.6) is 17.2 Å². The van der Waals surface area contributed by atoms with E-state index in [1.54, 1.807) is 21.3 Å². The molecule has 1 aromatic rings. The van der Waals surface area contributed by atoms with Crippen molar-refractivity contribution in [3.63, 3.8) is 0 Å². The SMILES string of the molecule is COc1cc(CNC2CC=CC2)cc(OC)c1OC. The third kappa shape index (κ3) is 3.20.